The average molecular weight is 341 g/mol. The van der Waals surface area contributed by atoms with Crippen LogP contribution in [0.15, 0.2) is 23.4 Å². The van der Waals surface area contributed by atoms with Crippen molar-refractivity contribution in [1.29, 1.82) is 0 Å². The maximum atomic E-state index is 12.2. The lowest BCUT2D eigenvalue weighted by atomic mass is 9.94. The summed E-state index contributed by atoms with van der Waals surface area (Å²) in [5, 5.41) is 15.7. The number of aromatic hydroxyl groups is 1. The molecule has 0 aliphatic carbocycles. The zero-order valence-corrected chi connectivity index (χ0v) is 13.7. The van der Waals surface area contributed by atoms with Crippen LogP contribution in [0, 0.1) is 0 Å². The van der Waals surface area contributed by atoms with Gasteiger partial charge in [0.2, 0.25) is 0 Å². The van der Waals surface area contributed by atoms with Gasteiger partial charge in [0.05, 0.1) is 25.3 Å². The molecule has 0 aromatic heterocycles. The van der Waals surface area contributed by atoms with Crippen molar-refractivity contribution in [1.82, 2.24) is 10.6 Å². The van der Waals surface area contributed by atoms with Gasteiger partial charge in [-0.25, -0.2) is 9.59 Å². The molecule has 124 valence electrons. The molecule has 0 spiro atoms. The van der Waals surface area contributed by atoms with Crippen LogP contribution >= 0.6 is 11.6 Å². The molecule has 8 heteroatoms. The summed E-state index contributed by atoms with van der Waals surface area (Å²) in [5.41, 5.74) is 0.771. The molecule has 0 unspecified atom stereocenters. The van der Waals surface area contributed by atoms with E-state index in [1.54, 1.807) is 13.8 Å². The molecule has 1 heterocycles. The second-order valence-electron chi connectivity index (χ2n) is 4.84. The van der Waals surface area contributed by atoms with Crippen LogP contribution in [-0.2, 0) is 9.53 Å². The van der Waals surface area contributed by atoms with Crippen LogP contribution in [0.1, 0.15) is 25.5 Å². The molecular weight excluding hydrogens is 324 g/mol. The predicted octanol–water partition coefficient (Wildman–Crippen LogP) is 2.25. The van der Waals surface area contributed by atoms with Gasteiger partial charge in [-0.05, 0) is 19.9 Å². The fourth-order valence-corrected chi connectivity index (χ4v) is 2.59. The van der Waals surface area contributed by atoms with Gasteiger partial charge in [0.1, 0.15) is 0 Å². The van der Waals surface area contributed by atoms with Crippen molar-refractivity contribution in [2.24, 2.45) is 0 Å². The summed E-state index contributed by atoms with van der Waals surface area (Å²) in [6, 6.07) is 1.49. The minimum absolute atomic E-state index is 0.140. The van der Waals surface area contributed by atoms with Gasteiger partial charge in [0.25, 0.3) is 0 Å². The summed E-state index contributed by atoms with van der Waals surface area (Å²) < 4.78 is 10.1. The van der Waals surface area contributed by atoms with Gasteiger partial charge in [-0.3, -0.25) is 0 Å². The summed E-state index contributed by atoms with van der Waals surface area (Å²) in [7, 11) is 1.38. The monoisotopic (exact) mass is 340 g/mol. The molecule has 1 aliphatic rings. The summed E-state index contributed by atoms with van der Waals surface area (Å²) >= 11 is 6.03. The molecular formula is C15H17ClN2O5. The van der Waals surface area contributed by atoms with Crippen LogP contribution in [-0.4, -0.2) is 30.8 Å². The third-order valence-electron chi connectivity index (χ3n) is 3.36. The van der Waals surface area contributed by atoms with Gasteiger partial charge in [-0.2, -0.15) is 0 Å². The number of methoxy groups -OCH3 is 1. The molecule has 0 saturated heterocycles. The molecule has 0 radical (unpaired) electrons. The number of allylic oxidation sites excluding steroid dienone is 1. The van der Waals surface area contributed by atoms with Crippen molar-refractivity contribution in [2.45, 2.75) is 19.9 Å². The lowest BCUT2D eigenvalue weighted by Gasteiger charge is -2.28. The first kappa shape index (κ1) is 17.0. The van der Waals surface area contributed by atoms with Gasteiger partial charge >= 0.3 is 12.0 Å². The van der Waals surface area contributed by atoms with Crippen LogP contribution in [0.4, 0.5) is 4.79 Å². The van der Waals surface area contributed by atoms with Crippen molar-refractivity contribution in [3.8, 4) is 11.5 Å². The Morgan fingerprint density at radius 1 is 1.43 bits per heavy atom. The highest BCUT2D eigenvalue weighted by Gasteiger charge is 2.34. The number of halogens is 1. The highest BCUT2D eigenvalue weighted by atomic mass is 35.5. The Bertz CT molecular complexity index is 687. The average Bonchev–Trinajstić information content (AvgIpc) is 2.48. The second-order valence-corrected chi connectivity index (χ2v) is 5.27. The standard InChI is InChI=1S/C15H17ClN2O5/c1-4-23-14(20)11-7(2)17-15(21)18-12(11)9-5-8(16)6-10(22-3)13(9)19/h5-6,12,19H,4H2,1-3H3,(H2,17,18,21)/t12-/m0/s1. The molecule has 7 nitrogen and oxygen atoms in total. The quantitative estimate of drug-likeness (QED) is 0.730. The van der Waals surface area contributed by atoms with Crippen molar-refractivity contribution in [3.05, 3.63) is 34.0 Å². The lowest BCUT2D eigenvalue weighted by molar-refractivity contribution is -0.139. The van der Waals surface area contributed by atoms with Gasteiger partial charge in [-0.1, -0.05) is 11.6 Å². The Labute approximate surface area is 138 Å². The fourth-order valence-electron chi connectivity index (χ4n) is 2.38. The SMILES string of the molecule is CCOC(=O)C1=C(C)NC(=O)N[C@H]1c1cc(Cl)cc(OC)c1O. The van der Waals surface area contributed by atoms with Crippen LogP contribution in [0.3, 0.4) is 0 Å². The van der Waals surface area contributed by atoms with Crippen LogP contribution in [0.25, 0.3) is 0 Å². The van der Waals surface area contributed by atoms with E-state index in [1.165, 1.54) is 19.2 Å². The van der Waals surface area contributed by atoms with E-state index in [4.69, 9.17) is 21.1 Å². The molecule has 2 amide bonds. The Kier molecular flexibility index (Phi) is 5.00. The van der Waals surface area contributed by atoms with E-state index in [2.05, 4.69) is 10.6 Å². The number of hydrogen-bond acceptors (Lipinski definition) is 5. The number of phenolic OH excluding ortho intramolecular Hbond substituents is 1. The number of ether oxygens (including phenoxy) is 2. The normalized spacial score (nSPS) is 17.4. The van der Waals surface area contributed by atoms with Crippen LogP contribution < -0.4 is 15.4 Å². The number of carbonyl (C=O) groups excluding carboxylic acids is 2. The highest BCUT2D eigenvalue weighted by Crippen LogP contribution is 2.40. The number of nitrogens with one attached hydrogen (secondary N) is 2. The molecule has 3 N–H and O–H groups in total. The first-order valence-corrected chi connectivity index (χ1v) is 7.28. The maximum absolute atomic E-state index is 12.2. The highest BCUT2D eigenvalue weighted by molar-refractivity contribution is 6.30. The number of amides is 2. The summed E-state index contributed by atoms with van der Waals surface area (Å²) in [6.45, 7) is 3.44. The fraction of sp³-hybridized carbons (Fsp3) is 0.333. The minimum atomic E-state index is -0.907. The zero-order valence-electron chi connectivity index (χ0n) is 12.9. The molecule has 0 bridgehead atoms. The van der Waals surface area contributed by atoms with E-state index in [0.29, 0.717) is 10.7 Å². The van der Waals surface area contributed by atoms with Crippen molar-refractivity contribution in [2.75, 3.05) is 13.7 Å². The van der Waals surface area contributed by atoms with E-state index < -0.39 is 18.0 Å². The zero-order chi connectivity index (χ0) is 17.1. The molecule has 1 atom stereocenters. The molecule has 1 aromatic rings. The smallest absolute Gasteiger partial charge is 0.338 e. The molecule has 0 fully saturated rings. The van der Waals surface area contributed by atoms with E-state index in [-0.39, 0.29) is 29.2 Å². The summed E-state index contributed by atoms with van der Waals surface area (Å²) in [5.74, 6) is -0.666. The van der Waals surface area contributed by atoms with E-state index in [1.807, 2.05) is 0 Å². The van der Waals surface area contributed by atoms with Gasteiger partial charge in [0, 0.05) is 22.3 Å². The van der Waals surface area contributed by atoms with Gasteiger partial charge in [0.15, 0.2) is 11.5 Å². The minimum Gasteiger partial charge on any atom is -0.504 e. The molecule has 0 saturated carbocycles. The van der Waals surface area contributed by atoms with Crippen molar-refractivity contribution >= 4 is 23.6 Å². The van der Waals surface area contributed by atoms with Crippen molar-refractivity contribution < 1.29 is 24.2 Å². The van der Waals surface area contributed by atoms with Crippen molar-refractivity contribution in [3.63, 3.8) is 0 Å². The van der Waals surface area contributed by atoms with Crippen LogP contribution in [0.5, 0.6) is 11.5 Å². The Morgan fingerprint density at radius 2 is 2.13 bits per heavy atom. The summed E-state index contributed by atoms with van der Waals surface area (Å²) in [6.07, 6.45) is 0. The Morgan fingerprint density at radius 3 is 2.74 bits per heavy atom. The molecule has 23 heavy (non-hydrogen) atoms. The van der Waals surface area contributed by atoms with Gasteiger partial charge in [-0.15, -0.1) is 0 Å². The largest absolute Gasteiger partial charge is 0.504 e. The third kappa shape index (κ3) is 3.34. The number of benzene rings is 1. The third-order valence-corrected chi connectivity index (χ3v) is 3.58. The molecule has 2 rings (SSSR count). The predicted molar refractivity (Wildman–Crippen MR) is 83.4 cm³/mol. The number of carbonyl (C=O) groups is 2. The number of phenols is 1. The lowest BCUT2D eigenvalue weighted by Crippen LogP contribution is -2.45. The van der Waals surface area contributed by atoms with Gasteiger partial charge < -0.3 is 25.2 Å². The first-order chi connectivity index (χ1) is 10.9. The van der Waals surface area contributed by atoms with E-state index in [0.717, 1.165) is 0 Å². The number of esters is 1. The molecule has 1 aliphatic heterocycles. The van der Waals surface area contributed by atoms with Crippen LogP contribution in [0.2, 0.25) is 5.02 Å². The maximum Gasteiger partial charge on any atom is 0.338 e. The second kappa shape index (κ2) is 6.78. The first-order valence-electron chi connectivity index (χ1n) is 6.90. The number of urea groups is 1. The number of hydrogen-bond donors (Lipinski definition) is 3. The van der Waals surface area contributed by atoms with E-state index in [9.17, 15) is 14.7 Å². The Hall–Kier alpha value is -2.41. The Balaban J connectivity index is 2.59. The topological polar surface area (TPSA) is 96.9 Å². The number of rotatable bonds is 4. The summed E-state index contributed by atoms with van der Waals surface area (Å²) in [4.78, 5) is 24.0. The molecule has 1 aromatic carbocycles. The van der Waals surface area contributed by atoms with E-state index >= 15 is 0 Å².